The van der Waals surface area contributed by atoms with Gasteiger partial charge in [0.1, 0.15) is 5.69 Å². The largest absolute Gasteiger partial charge is 0.383 e. The molecule has 0 unspecified atom stereocenters. The summed E-state index contributed by atoms with van der Waals surface area (Å²) in [6.07, 6.45) is 0. The number of nitrogens with zero attached hydrogens (tertiary/aromatic N) is 3. The third-order valence-corrected chi connectivity index (χ3v) is 3.88. The average Bonchev–Trinajstić information content (AvgIpc) is 2.60. The molecule has 0 radical (unpaired) electrons. The van der Waals surface area contributed by atoms with Crippen LogP contribution in [0, 0.1) is 6.92 Å². The van der Waals surface area contributed by atoms with Gasteiger partial charge in [-0.25, -0.2) is 4.68 Å². The standard InChI is InChI=1S/C18H23N3O3/c1-4-20(13-15-8-6-5-7-14(15)2)18(23)16-9-10-17(22)21(19-16)11-12-24-3/h5-10H,4,11-13H2,1-3H3. The van der Waals surface area contributed by atoms with Gasteiger partial charge in [-0.2, -0.15) is 5.10 Å². The van der Waals surface area contributed by atoms with Crippen molar-refractivity contribution in [1.29, 1.82) is 0 Å². The predicted octanol–water partition coefficient (Wildman–Crippen LogP) is 1.86. The zero-order chi connectivity index (χ0) is 17.5. The fraction of sp³-hybridized carbons (Fsp3) is 0.389. The van der Waals surface area contributed by atoms with Gasteiger partial charge in [-0.1, -0.05) is 24.3 Å². The molecular weight excluding hydrogens is 306 g/mol. The molecule has 1 amide bonds. The van der Waals surface area contributed by atoms with Crippen LogP contribution in [-0.2, 0) is 17.8 Å². The van der Waals surface area contributed by atoms with Crippen LogP contribution < -0.4 is 5.56 Å². The highest BCUT2D eigenvalue weighted by Gasteiger charge is 2.17. The molecule has 6 nitrogen and oxygen atoms in total. The van der Waals surface area contributed by atoms with Gasteiger partial charge in [-0.3, -0.25) is 9.59 Å². The molecule has 0 saturated carbocycles. The predicted molar refractivity (Wildman–Crippen MR) is 92.0 cm³/mol. The molecule has 0 spiro atoms. The Morgan fingerprint density at radius 3 is 2.67 bits per heavy atom. The van der Waals surface area contributed by atoms with Crippen molar-refractivity contribution in [3.63, 3.8) is 0 Å². The van der Waals surface area contributed by atoms with Crippen LogP contribution in [0.25, 0.3) is 0 Å². The Balaban J connectivity index is 2.22. The fourth-order valence-corrected chi connectivity index (χ4v) is 2.38. The van der Waals surface area contributed by atoms with E-state index in [4.69, 9.17) is 4.74 Å². The number of carbonyl (C=O) groups excluding carboxylic acids is 1. The highest BCUT2D eigenvalue weighted by molar-refractivity contribution is 5.92. The van der Waals surface area contributed by atoms with Gasteiger partial charge in [0.15, 0.2) is 0 Å². The maximum absolute atomic E-state index is 12.7. The molecule has 0 N–H and O–H groups in total. The smallest absolute Gasteiger partial charge is 0.274 e. The lowest BCUT2D eigenvalue weighted by molar-refractivity contribution is 0.0742. The van der Waals surface area contributed by atoms with Gasteiger partial charge >= 0.3 is 0 Å². The molecular formula is C18H23N3O3. The zero-order valence-corrected chi connectivity index (χ0v) is 14.4. The van der Waals surface area contributed by atoms with Crippen molar-refractivity contribution >= 4 is 5.91 Å². The first-order valence-corrected chi connectivity index (χ1v) is 7.97. The zero-order valence-electron chi connectivity index (χ0n) is 14.4. The first kappa shape index (κ1) is 17.9. The van der Waals surface area contributed by atoms with Crippen LogP contribution in [0.15, 0.2) is 41.2 Å². The van der Waals surface area contributed by atoms with Crippen molar-refractivity contribution in [3.8, 4) is 0 Å². The topological polar surface area (TPSA) is 64.4 Å². The molecule has 0 aliphatic heterocycles. The summed E-state index contributed by atoms with van der Waals surface area (Å²) in [5.41, 5.74) is 2.26. The lowest BCUT2D eigenvalue weighted by atomic mass is 10.1. The number of ether oxygens (including phenoxy) is 1. The number of amides is 1. The van der Waals surface area contributed by atoms with Crippen molar-refractivity contribution in [1.82, 2.24) is 14.7 Å². The van der Waals surface area contributed by atoms with Gasteiger partial charge in [-0.15, -0.1) is 0 Å². The molecule has 128 valence electrons. The van der Waals surface area contributed by atoms with Crippen LogP contribution >= 0.6 is 0 Å². The van der Waals surface area contributed by atoms with Crippen LogP contribution in [0.4, 0.5) is 0 Å². The summed E-state index contributed by atoms with van der Waals surface area (Å²) in [4.78, 5) is 26.3. The number of carbonyl (C=O) groups is 1. The van der Waals surface area contributed by atoms with Gasteiger partial charge in [0, 0.05) is 26.3 Å². The monoisotopic (exact) mass is 329 g/mol. The molecule has 2 rings (SSSR count). The summed E-state index contributed by atoms with van der Waals surface area (Å²) in [5, 5.41) is 4.18. The summed E-state index contributed by atoms with van der Waals surface area (Å²) in [6, 6.07) is 10.8. The van der Waals surface area contributed by atoms with E-state index in [1.165, 1.54) is 16.8 Å². The molecule has 0 fully saturated rings. The first-order valence-electron chi connectivity index (χ1n) is 7.97. The van der Waals surface area contributed by atoms with Gasteiger partial charge in [0.25, 0.3) is 11.5 Å². The Morgan fingerprint density at radius 2 is 2.00 bits per heavy atom. The van der Waals surface area contributed by atoms with Gasteiger partial charge in [-0.05, 0) is 31.0 Å². The highest BCUT2D eigenvalue weighted by Crippen LogP contribution is 2.12. The molecule has 0 aliphatic rings. The minimum atomic E-state index is -0.245. The van der Waals surface area contributed by atoms with Crippen molar-refractivity contribution < 1.29 is 9.53 Å². The Labute approximate surface area is 141 Å². The third-order valence-electron chi connectivity index (χ3n) is 3.88. The summed E-state index contributed by atoms with van der Waals surface area (Å²) < 4.78 is 6.23. The number of aryl methyl sites for hydroxylation is 1. The lowest BCUT2D eigenvalue weighted by Gasteiger charge is -2.21. The highest BCUT2D eigenvalue weighted by atomic mass is 16.5. The van der Waals surface area contributed by atoms with Crippen LogP contribution in [0.5, 0.6) is 0 Å². The Hall–Kier alpha value is -2.47. The summed E-state index contributed by atoms with van der Waals surface area (Å²) in [7, 11) is 1.56. The fourth-order valence-electron chi connectivity index (χ4n) is 2.38. The number of hydrogen-bond acceptors (Lipinski definition) is 4. The second-order valence-corrected chi connectivity index (χ2v) is 5.52. The van der Waals surface area contributed by atoms with Crippen molar-refractivity contribution in [2.24, 2.45) is 0 Å². The van der Waals surface area contributed by atoms with Crippen molar-refractivity contribution in [2.75, 3.05) is 20.3 Å². The second-order valence-electron chi connectivity index (χ2n) is 5.52. The van der Waals surface area contributed by atoms with E-state index in [1.807, 2.05) is 38.1 Å². The number of rotatable bonds is 7. The van der Waals surface area contributed by atoms with Crippen LogP contribution in [-0.4, -0.2) is 40.8 Å². The van der Waals surface area contributed by atoms with Crippen LogP contribution in [0.1, 0.15) is 28.5 Å². The van der Waals surface area contributed by atoms with E-state index in [1.54, 1.807) is 12.0 Å². The maximum Gasteiger partial charge on any atom is 0.274 e. The van der Waals surface area contributed by atoms with E-state index in [9.17, 15) is 9.59 Å². The average molecular weight is 329 g/mol. The van der Waals surface area contributed by atoms with Crippen LogP contribution in [0.3, 0.4) is 0 Å². The Bertz CT molecular complexity index is 755. The maximum atomic E-state index is 12.7. The minimum Gasteiger partial charge on any atom is -0.383 e. The second kappa shape index (κ2) is 8.40. The van der Waals surface area contributed by atoms with E-state index in [0.717, 1.165) is 11.1 Å². The first-order chi connectivity index (χ1) is 11.6. The molecule has 2 aromatic rings. The minimum absolute atomic E-state index is 0.188. The van der Waals surface area contributed by atoms with E-state index in [0.29, 0.717) is 26.2 Å². The molecule has 1 heterocycles. The van der Waals surface area contributed by atoms with E-state index in [-0.39, 0.29) is 17.2 Å². The molecule has 1 aromatic heterocycles. The third kappa shape index (κ3) is 4.29. The van der Waals surface area contributed by atoms with Crippen LogP contribution in [0.2, 0.25) is 0 Å². The molecule has 24 heavy (non-hydrogen) atoms. The summed E-state index contributed by atoms with van der Waals surface area (Å²) in [6.45, 7) is 5.71. The molecule has 0 saturated heterocycles. The number of benzene rings is 1. The molecule has 0 atom stereocenters. The van der Waals surface area contributed by atoms with E-state index >= 15 is 0 Å². The number of hydrogen-bond donors (Lipinski definition) is 0. The van der Waals surface area contributed by atoms with Gasteiger partial charge < -0.3 is 9.64 Å². The normalized spacial score (nSPS) is 10.6. The molecule has 0 aliphatic carbocycles. The quantitative estimate of drug-likeness (QED) is 0.778. The molecule has 0 bridgehead atoms. The molecule has 6 heteroatoms. The number of methoxy groups -OCH3 is 1. The Kier molecular flexibility index (Phi) is 6.26. The van der Waals surface area contributed by atoms with E-state index < -0.39 is 0 Å². The van der Waals surface area contributed by atoms with Gasteiger partial charge in [0.2, 0.25) is 0 Å². The number of aromatic nitrogens is 2. The van der Waals surface area contributed by atoms with E-state index in [2.05, 4.69) is 5.10 Å². The summed E-state index contributed by atoms with van der Waals surface area (Å²) >= 11 is 0. The SMILES string of the molecule is CCN(Cc1ccccc1C)C(=O)c1ccc(=O)n(CCOC)n1. The van der Waals surface area contributed by atoms with Gasteiger partial charge in [0.05, 0.1) is 13.2 Å². The molecule has 1 aromatic carbocycles. The lowest BCUT2D eigenvalue weighted by Crippen LogP contribution is -2.34. The van der Waals surface area contributed by atoms with Crippen molar-refractivity contribution in [2.45, 2.75) is 26.9 Å². The van der Waals surface area contributed by atoms with Crippen molar-refractivity contribution in [3.05, 3.63) is 63.6 Å². The summed E-state index contributed by atoms with van der Waals surface area (Å²) in [5.74, 6) is -0.188. The Morgan fingerprint density at radius 1 is 1.25 bits per heavy atom.